The predicted molar refractivity (Wildman–Crippen MR) is 71.0 cm³/mol. The zero-order chi connectivity index (χ0) is 12.5. The average molecular weight is 232 g/mol. The molecule has 0 saturated carbocycles. The van der Waals surface area contributed by atoms with E-state index in [-0.39, 0.29) is 12.1 Å². The number of fused-ring (bicyclic) bond motifs is 1. The van der Waals surface area contributed by atoms with Crippen LogP contribution in [0.2, 0.25) is 0 Å². The van der Waals surface area contributed by atoms with Crippen LogP contribution in [0, 0.1) is 6.92 Å². The largest absolute Gasteiger partial charge is 0.394 e. The van der Waals surface area contributed by atoms with Gasteiger partial charge in [-0.05, 0) is 32.4 Å². The maximum absolute atomic E-state index is 9.23. The van der Waals surface area contributed by atoms with Gasteiger partial charge in [-0.2, -0.15) is 0 Å². The van der Waals surface area contributed by atoms with Crippen molar-refractivity contribution < 1.29 is 5.11 Å². The number of hydrogen-bond donors (Lipinski definition) is 3. The molecule has 3 heteroatoms. The minimum Gasteiger partial charge on any atom is -0.394 e. The van der Waals surface area contributed by atoms with Gasteiger partial charge in [0.1, 0.15) is 0 Å². The summed E-state index contributed by atoms with van der Waals surface area (Å²) in [7, 11) is 0. The van der Waals surface area contributed by atoms with Gasteiger partial charge in [-0.25, -0.2) is 0 Å². The highest BCUT2D eigenvalue weighted by molar-refractivity contribution is 5.84. The van der Waals surface area contributed by atoms with Crippen LogP contribution >= 0.6 is 0 Å². The lowest BCUT2D eigenvalue weighted by Gasteiger charge is -2.23. The fourth-order valence-corrected chi connectivity index (χ4v) is 1.95. The monoisotopic (exact) mass is 232 g/mol. The molecule has 92 valence electrons. The Kier molecular flexibility index (Phi) is 3.22. The van der Waals surface area contributed by atoms with E-state index in [1.807, 2.05) is 19.9 Å². The number of aromatic nitrogens is 1. The van der Waals surface area contributed by atoms with E-state index in [0.29, 0.717) is 0 Å². The molecule has 17 heavy (non-hydrogen) atoms. The molecular weight excluding hydrogens is 212 g/mol. The lowest BCUT2D eigenvalue weighted by atomic mass is 10.1. The van der Waals surface area contributed by atoms with Crippen LogP contribution < -0.4 is 5.32 Å². The van der Waals surface area contributed by atoms with Crippen molar-refractivity contribution in [2.24, 2.45) is 0 Å². The average Bonchev–Trinajstić information content (AvgIpc) is 2.62. The van der Waals surface area contributed by atoms with Gasteiger partial charge in [0.05, 0.1) is 6.61 Å². The molecule has 0 aliphatic heterocycles. The fraction of sp³-hybridized carbons (Fsp3) is 0.429. The van der Waals surface area contributed by atoms with Gasteiger partial charge in [0.25, 0.3) is 0 Å². The normalized spacial score (nSPS) is 12.2. The molecule has 2 aromatic rings. The molecule has 1 aromatic carbocycles. The molecule has 0 unspecified atom stereocenters. The first kappa shape index (κ1) is 12.1. The van der Waals surface area contributed by atoms with Crippen molar-refractivity contribution in [1.82, 2.24) is 10.3 Å². The first-order valence-corrected chi connectivity index (χ1v) is 5.95. The summed E-state index contributed by atoms with van der Waals surface area (Å²) in [4.78, 5) is 3.38. The summed E-state index contributed by atoms with van der Waals surface area (Å²) in [6.07, 6.45) is 0. The van der Waals surface area contributed by atoms with Gasteiger partial charge in [-0.15, -0.1) is 0 Å². The Labute approximate surface area is 102 Å². The Morgan fingerprint density at radius 1 is 1.29 bits per heavy atom. The summed E-state index contributed by atoms with van der Waals surface area (Å²) in [5.74, 6) is 0. The van der Waals surface area contributed by atoms with Crippen LogP contribution in [0.3, 0.4) is 0 Å². The molecule has 0 saturated heterocycles. The molecule has 2 rings (SSSR count). The molecule has 0 fully saturated rings. The van der Waals surface area contributed by atoms with Crippen molar-refractivity contribution in [3.63, 3.8) is 0 Å². The van der Waals surface area contributed by atoms with E-state index >= 15 is 0 Å². The van der Waals surface area contributed by atoms with Crippen molar-refractivity contribution >= 4 is 10.9 Å². The Morgan fingerprint density at radius 2 is 2.00 bits per heavy atom. The molecule has 3 N–H and O–H groups in total. The number of aromatic amines is 1. The van der Waals surface area contributed by atoms with Gasteiger partial charge < -0.3 is 15.4 Å². The SMILES string of the molecule is Cc1[nH]c2ccccc2c1CNC(C)(C)CO. The second-order valence-electron chi connectivity index (χ2n) is 5.17. The number of rotatable bonds is 4. The topological polar surface area (TPSA) is 48.0 Å². The number of aryl methyl sites for hydroxylation is 1. The summed E-state index contributed by atoms with van der Waals surface area (Å²) in [6.45, 7) is 6.98. The van der Waals surface area contributed by atoms with Gasteiger partial charge in [0, 0.05) is 28.7 Å². The number of hydrogen-bond acceptors (Lipinski definition) is 2. The maximum Gasteiger partial charge on any atom is 0.0607 e. The van der Waals surface area contributed by atoms with Gasteiger partial charge in [-0.1, -0.05) is 18.2 Å². The van der Waals surface area contributed by atoms with E-state index in [0.717, 1.165) is 6.54 Å². The molecule has 0 amide bonds. The minimum atomic E-state index is -0.245. The smallest absolute Gasteiger partial charge is 0.0607 e. The van der Waals surface area contributed by atoms with Gasteiger partial charge in [0.15, 0.2) is 0 Å². The first-order valence-electron chi connectivity index (χ1n) is 5.95. The predicted octanol–water partition coefficient (Wildman–Crippen LogP) is 2.34. The molecule has 0 spiro atoms. The third kappa shape index (κ3) is 2.51. The molecule has 0 aliphatic carbocycles. The van der Waals surface area contributed by atoms with Crippen molar-refractivity contribution in [2.45, 2.75) is 32.9 Å². The van der Waals surface area contributed by atoms with Crippen LogP contribution in [0.25, 0.3) is 10.9 Å². The van der Waals surface area contributed by atoms with Crippen molar-refractivity contribution in [1.29, 1.82) is 0 Å². The van der Waals surface area contributed by atoms with Crippen molar-refractivity contribution in [3.8, 4) is 0 Å². The van der Waals surface area contributed by atoms with Crippen LogP contribution in [-0.2, 0) is 6.54 Å². The van der Waals surface area contributed by atoms with Gasteiger partial charge in [-0.3, -0.25) is 0 Å². The van der Waals surface area contributed by atoms with E-state index in [1.54, 1.807) is 0 Å². The molecule has 0 bridgehead atoms. The highest BCUT2D eigenvalue weighted by Gasteiger charge is 2.16. The third-order valence-electron chi connectivity index (χ3n) is 3.17. The summed E-state index contributed by atoms with van der Waals surface area (Å²) < 4.78 is 0. The quantitative estimate of drug-likeness (QED) is 0.757. The molecule has 0 atom stereocenters. The number of H-pyrrole nitrogens is 1. The summed E-state index contributed by atoms with van der Waals surface area (Å²) >= 11 is 0. The Bertz CT molecular complexity index is 514. The lowest BCUT2D eigenvalue weighted by Crippen LogP contribution is -2.42. The Balaban J connectivity index is 2.27. The highest BCUT2D eigenvalue weighted by atomic mass is 16.3. The number of benzene rings is 1. The number of aliphatic hydroxyl groups is 1. The fourth-order valence-electron chi connectivity index (χ4n) is 1.95. The number of aliphatic hydroxyl groups excluding tert-OH is 1. The molecular formula is C14H20N2O. The Morgan fingerprint density at radius 3 is 2.71 bits per heavy atom. The van der Waals surface area contributed by atoms with E-state index < -0.39 is 0 Å². The summed E-state index contributed by atoms with van der Waals surface area (Å²) in [6, 6.07) is 8.30. The van der Waals surface area contributed by atoms with E-state index in [2.05, 4.69) is 35.4 Å². The highest BCUT2D eigenvalue weighted by Crippen LogP contribution is 2.22. The summed E-state index contributed by atoms with van der Waals surface area (Å²) in [5, 5.41) is 13.9. The van der Waals surface area contributed by atoms with E-state index in [4.69, 9.17) is 0 Å². The van der Waals surface area contributed by atoms with Gasteiger partial charge >= 0.3 is 0 Å². The Hall–Kier alpha value is -1.32. The number of para-hydroxylation sites is 1. The van der Waals surface area contributed by atoms with Crippen LogP contribution in [0.15, 0.2) is 24.3 Å². The molecule has 0 radical (unpaired) electrons. The molecule has 1 heterocycles. The summed E-state index contributed by atoms with van der Waals surface area (Å²) in [5.41, 5.74) is 3.39. The van der Waals surface area contributed by atoms with Crippen molar-refractivity contribution in [2.75, 3.05) is 6.61 Å². The lowest BCUT2D eigenvalue weighted by molar-refractivity contribution is 0.187. The second-order valence-corrected chi connectivity index (χ2v) is 5.17. The maximum atomic E-state index is 9.23. The third-order valence-corrected chi connectivity index (χ3v) is 3.17. The first-order chi connectivity index (χ1) is 8.03. The zero-order valence-corrected chi connectivity index (χ0v) is 10.7. The van der Waals surface area contributed by atoms with Gasteiger partial charge in [0.2, 0.25) is 0 Å². The molecule has 3 nitrogen and oxygen atoms in total. The minimum absolute atomic E-state index is 0.133. The molecule has 0 aliphatic rings. The van der Waals surface area contributed by atoms with Crippen molar-refractivity contribution in [3.05, 3.63) is 35.5 Å². The van der Waals surface area contributed by atoms with Crippen LogP contribution in [0.5, 0.6) is 0 Å². The second kappa shape index (κ2) is 4.51. The standard InChI is InChI=1S/C14H20N2O/c1-10-12(8-15-14(2,3)9-17)11-6-4-5-7-13(11)16-10/h4-7,15-17H,8-9H2,1-3H3. The molecule has 1 aromatic heterocycles. The number of nitrogens with one attached hydrogen (secondary N) is 2. The van der Waals surface area contributed by atoms with Crippen LogP contribution in [0.4, 0.5) is 0 Å². The van der Waals surface area contributed by atoms with E-state index in [9.17, 15) is 5.11 Å². The van der Waals surface area contributed by atoms with Crippen LogP contribution in [0.1, 0.15) is 25.1 Å². The zero-order valence-electron chi connectivity index (χ0n) is 10.7. The van der Waals surface area contributed by atoms with Crippen LogP contribution in [-0.4, -0.2) is 22.2 Å². The van der Waals surface area contributed by atoms with E-state index in [1.165, 1.54) is 22.2 Å².